The summed E-state index contributed by atoms with van der Waals surface area (Å²) in [5, 5.41) is 0.638. The maximum Gasteiger partial charge on any atom is 0.264 e. The van der Waals surface area contributed by atoms with Gasteiger partial charge in [0, 0.05) is 43.3 Å². The van der Waals surface area contributed by atoms with Gasteiger partial charge in [0.15, 0.2) is 0 Å². The lowest BCUT2D eigenvalue weighted by Gasteiger charge is -2.35. The molecule has 5 rings (SSSR count). The zero-order valence-electron chi connectivity index (χ0n) is 21.3. The monoisotopic (exact) mass is 546 g/mol. The Bertz CT molecular complexity index is 1640. The molecule has 4 aromatic rings. The van der Waals surface area contributed by atoms with Gasteiger partial charge < -0.3 is 9.80 Å². The van der Waals surface area contributed by atoms with E-state index in [0.29, 0.717) is 38.0 Å². The predicted molar refractivity (Wildman–Crippen MR) is 146 cm³/mol. The summed E-state index contributed by atoms with van der Waals surface area (Å²) in [5.74, 6) is -1.26. The lowest BCUT2D eigenvalue weighted by Crippen LogP contribution is -2.51. The van der Waals surface area contributed by atoms with Gasteiger partial charge in [-0.2, -0.15) is 0 Å². The van der Waals surface area contributed by atoms with E-state index in [1.165, 1.54) is 24.4 Å². The molecular formula is C29H27FN4O4S. The number of fused-ring (bicyclic) bond motifs is 1. The zero-order chi connectivity index (χ0) is 27.6. The number of hydrogen-bond donors (Lipinski definition) is 1. The van der Waals surface area contributed by atoms with Crippen LogP contribution in [0.2, 0.25) is 0 Å². The van der Waals surface area contributed by atoms with Crippen LogP contribution in [0.15, 0.2) is 83.9 Å². The van der Waals surface area contributed by atoms with Gasteiger partial charge in [-0.15, -0.1) is 0 Å². The Kier molecular flexibility index (Phi) is 7.30. The molecule has 0 radical (unpaired) electrons. The Morgan fingerprint density at radius 2 is 1.62 bits per heavy atom. The minimum absolute atomic E-state index is 0.00460. The van der Waals surface area contributed by atoms with Crippen molar-refractivity contribution >= 4 is 38.4 Å². The number of nitrogens with one attached hydrogen (secondary N) is 1. The van der Waals surface area contributed by atoms with Gasteiger partial charge in [-0.05, 0) is 42.8 Å². The molecule has 1 aromatic heterocycles. The van der Waals surface area contributed by atoms with Crippen molar-refractivity contribution in [1.29, 1.82) is 0 Å². The fourth-order valence-electron chi connectivity index (χ4n) is 4.56. The van der Waals surface area contributed by atoms with Crippen LogP contribution in [0.5, 0.6) is 0 Å². The summed E-state index contributed by atoms with van der Waals surface area (Å²) in [7, 11) is -4.14. The first-order valence-electron chi connectivity index (χ1n) is 12.5. The molecule has 0 bridgehead atoms. The summed E-state index contributed by atoms with van der Waals surface area (Å²) >= 11 is 0. The first kappa shape index (κ1) is 26.3. The Hall–Kier alpha value is -4.31. The molecule has 0 atom stereocenters. The summed E-state index contributed by atoms with van der Waals surface area (Å²) in [5.41, 5.74) is 2.17. The number of amides is 2. The molecule has 1 aliphatic rings. The number of halogens is 1. The smallest absolute Gasteiger partial charge is 0.264 e. The average molecular weight is 547 g/mol. The SMILES string of the molecule is Cc1ccc(CC(=O)N2CCN(C(=O)c3ccc(NS(=O)(=O)c4cccc5cccnc45)c(F)c3)CC2)cc1. The number of hydrogen-bond acceptors (Lipinski definition) is 5. The van der Waals surface area contributed by atoms with Crippen molar-refractivity contribution < 1.29 is 22.4 Å². The Morgan fingerprint density at radius 1 is 0.923 bits per heavy atom. The number of piperazine rings is 1. The van der Waals surface area contributed by atoms with E-state index >= 15 is 0 Å². The Balaban J connectivity index is 1.23. The van der Waals surface area contributed by atoms with E-state index in [1.807, 2.05) is 31.2 Å². The third-order valence-corrected chi connectivity index (χ3v) is 8.14. The maximum absolute atomic E-state index is 15.0. The Labute approximate surface area is 226 Å². The van der Waals surface area contributed by atoms with Crippen molar-refractivity contribution in [1.82, 2.24) is 14.8 Å². The van der Waals surface area contributed by atoms with Gasteiger partial charge in [-0.1, -0.05) is 48.0 Å². The van der Waals surface area contributed by atoms with Gasteiger partial charge in [0.2, 0.25) is 5.91 Å². The number of pyridine rings is 1. The van der Waals surface area contributed by atoms with E-state index in [1.54, 1.807) is 34.1 Å². The highest BCUT2D eigenvalue weighted by Gasteiger charge is 2.26. The van der Waals surface area contributed by atoms with Crippen LogP contribution in [0, 0.1) is 12.7 Å². The van der Waals surface area contributed by atoms with Crippen LogP contribution < -0.4 is 4.72 Å². The molecule has 200 valence electrons. The van der Waals surface area contributed by atoms with E-state index in [9.17, 15) is 22.4 Å². The van der Waals surface area contributed by atoms with Crippen molar-refractivity contribution in [3.63, 3.8) is 0 Å². The highest BCUT2D eigenvalue weighted by atomic mass is 32.2. The van der Waals surface area contributed by atoms with Crippen molar-refractivity contribution in [2.75, 3.05) is 30.9 Å². The Morgan fingerprint density at radius 3 is 2.33 bits per heavy atom. The van der Waals surface area contributed by atoms with Crippen LogP contribution in [0.3, 0.4) is 0 Å². The van der Waals surface area contributed by atoms with Gasteiger partial charge in [-0.25, -0.2) is 12.8 Å². The van der Waals surface area contributed by atoms with Gasteiger partial charge >= 0.3 is 0 Å². The first-order valence-corrected chi connectivity index (χ1v) is 14.0. The topological polar surface area (TPSA) is 99.7 Å². The fourth-order valence-corrected chi connectivity index (χ4v) is 5.81. The number of aromatic nitrogens is 1. The average Bonchev–Trinajstić information content (AvgIpc) is 2.94. The number of anilines is 1. The van der Waals surface area contributed by atoms with Gasteiger partial charge in [-0.3, -0.25) is 19.3 Å². The third-order valence-electron chi connectivity index (χ3n) is 6.74. The molecule has 39 heavy (non-hydrogen) atoms. The van der Waals surface area contributed by atoms with E-state index in [-0.39, 0.29) is 33.5 Å². The molecule has 1 saturated heterocycles. The molecule has 1 aliphatic heterocycles. The molecule has 0 unspecified atom stereocenters. The molecule has 2 heterocycles. The van der Waals surface area contributed by atoms with Gasteiger partial charge in [0.05, 0.1) is 17.6 Å². The van der Waals surface area contributed by atoms with Crippen LogP contribution >= 0.6 is 0 Å². The number of nitrogens with zero attached hydrogens (tertiary/aromatic N) is 3. The van der Waals surface area contributed by atoms with E-state index in [0.717, 1.165) is 17.2 Å². The highest BCUT2D eigenvalue weighted by Crippen LogP contribution is 2.25. The molecule has 10 heteroatoms. The molecule has 0 saturated carbocycles. The zero-order valence-corrected chi connectivity index (χ0v) is 22.1. The molecule has 0 spiro atoms. The molecule has 0 aliphatic carbocycles. The quantitative estimate of drug-likeness (QED) is 0.394. The molecule has 1 N–H and O–H groups in total. The predicted octanol–water partition coefficient (Wildman–Crippen LogP) is 4.01. The summed E-state index contributed by atoms with van der Waals surface area (Å²) in [4.78, 5) is 33.1. The van der Waals surface area contributed by atoms with Crippen molar-refractivity contribution in [3.8, 4) is 0 Å². The van der Waals surface area contributed by atoms with Crippen LogP contribution in [0.4, 0.5) is 10.1 Å². The summed E-state index contributed by atoms with van der Waals surface area (Å²) in [6.07, 6.45) is 1.79. The van der Waals surface area contributed by atoms with Crippen LogP contribution in [0.1, 0.15) is 21.5 Å². The minimum atomic E-state index is -4.14. The second kappa shape index (κ2) is 10.8. The lowest BCUT2D eigenvalue weighted by molar-refractivity contribution is -0.131. The van der Waals surface area contributed by atoms with Crippen molar-refractivity contribution in [3.05, 3.63) is 102 Å². The third kappa shape index (κ3) is 5.75. The highest BCUT2D eigenvalue weighted by molar-refractivity contribution is 7.93. The summed E-state index contributed by atoms with van der Waals surface area (Å²) < 4.78 is 43.3. The van der Waals surface area contributed by atoms with E-state index < -0.39 is 15.8 Å². The van der Waals surface area contributed by atoms with Crippen molar-refractivity contribution in [2.45, 2.75) is 18.2 Å². The maximum atomic E-state index is 15.0. The molecule has 1 fully saturated rings. The van der Waals surface area contributed by atoms with Crippen LogP contribution in [-0.2, 0) is 21.2 Å². The van der Waals surface area contributed by atoms with Crippen LogP contribution in [0.25, 0.3) is 10.9 Å². The number of rotatable bonds is 6. The summed E-state index contributed by atoms with van der Waals surface area (Å²) in [6.45, 7) is 3.40. The van der Waals surface area contributed by atoms with Gasteiger partial charge in [0.25, 0.3) is 15.9 Å². The van der Waals surface area contributed by atoms with Gasteiger partial charge in [0.1, 0.15) is 10.7 Å². The normalized spacial score (nSPS) is 13.9. The van der Waals surface area contributed by atoms with Crippen LogP contribution in [-0.4, -0.2) is 61.2 Å². The second-order valence-corrected chi connectivity index (χ2v) is 11.1. The minimum Gasteiger partial charge on any atom is -0.339 e. The number of aryl methyl sites for hydroxylation is 1. The lowest BCUT2D eigenvalue weighted by atomic mass is 10.1. The number of para-hydroxylation sites is 1. The number of benzene rings is 3. The van der Waals surface area contributed by atoms with Crippen molar-refractivity contribution in [2.24, 2.45) is 0 Å². The second-order valence-electron chi connectivity index (χ2n) is 9.47. The summed E-state index contributed by atoms with van der Waals surface area (Å²) in [6, 6.07) is 19.6. The standard InChI is InChI=1S/C29H27FN4O4S/c1-20-7-9-21(10-8-20)18-27(35)33-14-16-34(17-15-33)29(36)23-11-12-25(24(30)19-23)32-39(37,38)26-6-2-4-22-5-3-13-31-28(22)26/h2-13,19,32H,14-18H2,1H3. The fraction of sp³-hybridized carbons (Fsp3) is 0.207. The van der Waals surface area contributed by atoms with E-state index in [2.05, 4.69) is 9.71 Å². The number of carbonyl (C=O) groups is 2. The molecule has 2 amide bonds. The van der Waals surface area contributed by atoms with E-state index in [4.69, 9.17) is 0 Å². The molecule has 3 aromatic carbocycles. The largest absolute Gasteiger partial charge is 0.339 e. The number of carbonyl (C=O) groups excluding carboxylic acids is 2. The molecular weight excluding hydrogens is 519 g/mol. The molecule has 8 nitrogen and oxygen atoms in total. The first-order chi connectivity index (χ1) is 18.7. The number of sulfonamides is 1.